The highest BCUT2D eigenvalue weighted by molar-refractivity contribution is 5.95. The van der Waals surface area contributed by atoms with E-state index >= 15 is 0 Å². The number of amides is 2. The number of carboxylic acid groups (broad SMARTS) is 1. The second kappa shape index (κ2) is 4.77. The molecule has 1 aromatic rings. The van der Waals surface area contributed by atoms with Gasteiger partial charge in [0.1, 0.15) is 18.1 Å². The molecule has 2 unspecified atom stereocenters. The minimum atomic E-state index is -1.30. The number of rotatable bonds is 2. The maximum atomic E-state index is 13.1. The Morgan fingerprint density at radius 2 is 2.10 bits per heavy atom. The summed E-state index contributed by atoms with van der Waals surface area (Å²) < 4.78 is 12.8. The van der Waals surface area contributed by atoms with Crippen molar-refractivity contribution in [2.45, 2.75) is 32.4 Å². The normalized spacial score (nSPS) is 26.2. The molecule has 0 bridgehead atoms. The lowest BCUT2D eigenvalue weighted by atomic mass is 10.00. The highest BCUT2D eigenvalue weighted by Crippen LogP contribution is 2.39. The Labute approximate surface area is 122 Å². The molecule has 1 aliphatic heterocycles. The number of aliphatic carboxylic acids is 1. The molecule has 1 fully saturated rings. The number of carboxylic acids is 1. The predicted octanol–water partition coefficient (Wildman–Crippen LogP) is 0.510. The number of halogens is 1. The Morgan fingerprint density at radius 3 is 2.48 bits per heavy atom. The molecule has 0 N–H and O–H groups in total. The summed E-state index contributed by atoms with van der Waals surface area (Å²) in [6.45, 7) is 5.52. The zero-order chi connectivity index (χ0) is 16.0. The lowest BCUT2D eigenvalue weighted by Crippen LogP contribution is -2.63. The van der Waals surface area contributed by atoms with E-state index in [1.54, 1.807) is 0 Å². The van der Waals surface area contributed by atoms with Gasteiger partial charge in [0.2, 0.25) is 5.95 Å². The molecule has 2 amide bonds. The highest BCUT2D eigenvalue weighted by atomic mass is 19.1. The van der Waals surface area contributed by atoms with Crippen molar-refractivity contribution in [2.24, 2.45) is 0 Å². The number of carbonyl (C=O) groups is 2. The molecule has 0 radical (unpaired) electrons. The minimum absolute atomic E-state index is 0.0223. The molecule has 0 aromatic carbocycles. The monoisotopic (exact) mass is 295 g/mol. The van der Waals surface area contributed by atoms with Crippen molar-refractivity contribution < 1.29 is 19.1 Å². The smallest absolute Gasteiger partial charge is 0.425 e. The van der Waals surface area contributed by atoms with E-state index in [-0.39, 0.29) is 17.1 Å². The summed E-state index contributed by atoms with van der Waals surface area (Å²) in [6, 6.07) is 1.24. The first-order valence-corrected chi connectivity index (χ1v) is 6.60. The zero-order valence-electron chi connectivity index (χ0n) is 12.5. The topological polar surface area (TPSA) is 73.3 Å². The van der Waals surface area contributed by atoms with E-state index in [1.165, 1.54) is 30.3 Å². The zero-order valence-corrected chi connectivity index (χ0v) is 12.5. The molecule has 1 saturated heterocycles. The van der Waals surface area contributed by atoms with Gasteiger partial charge in [-0.1, -0.05) is 0 Å². The minimum Gasteiger partial charge on any atom is -0.548 e. The number of carbonyl (C=O) groups excluding carboxylic acids is 2. The Morgan fingerprint density at radius 1 is 1.48 bits per heavy atom. The van der Waals surface area contributed by atoms with Crippen LogP contribution in [0.2, 0.25) is 0 Å². The molecule has 2 heterocycles. The Hall–Kier alpha value is -2.02. The van der Waals surface area contributed by atoms with E-state index in [0.29, 0.717) is 5.69 Å². The van der Waals surface area contributed by atoms with Gasteiger partial charge < -0.3 is 9.90 Å². The molecule has 2 rings (SSSR count). The molecule has 1 aromatic heterocycles. The van der Waals surface area contributed by atoms with Gasteiger partial charge in [-0.2, -0.15) is 4.39 Å². The fourth-order valence-corrected chi connectivity index (χ4v) is 2.85. The van der Waals surface area contributed by atoms with Crippen molar-refractivity contribution in [3.8, 4) is 0 Å². The first kappa shape index (κ1) is 15.4. The summed E-state index contributed by atoms with van der Waals surface area (Å²) >= 11 is 0. The van der Waals surface area contributed by atoms with Crippen LogP contribution in [0.5, 0.6) is 0 Å². The van der Waals surface area contributed by atoms with Crippen LogP contribution < -0.4 is 9.59 Å². The molecule has 6 nitrogen and oxygen atoms in total. The van der Waals surface area contributed by atoms with Crippen LogP contribution in [-0.4, -0.2) is 47.1 Å². The van der Waals surface area contributed by atoms with Gasteiger partial charge in [0, 0.05) is 13.1 Å². The number of nitrogens with zero attached hydrogens (tertiary/aromatic N) is 3. The second-order valence-corrected chi connectivity index (χ2v) is 6.23. The molecule has 1 aliphatic rings. The Balaban J connectivity index is 2.62. The van der Waals surface area contributed by atoms with E-state index in [0.717, 1.165) is 0 Å². The molecule has 0 spiro atoms. The van der Waals surface area contributed by atoms with Crippen molar-refractivity contribution in [1.29, 1.82) is 0 Å². The molecule has 21 heavy (non-hydrogen) atoms. The third kappa shape index (κ3) is 2.17. The molecule has 114 valence electrons. The molecule has 0 saturated carbocycles. The molecular weight excluding hydrogens is 277 g/mol. The Kier molecular flexibility index (Phi) is 3.49. The fraction of sp³-hybridized carbons (Fsp3) is 0.500. The van der Waals surface area contributed by atoms with Crippen LogP contribution >= 0.6 is 0 Å². The lowest BCUT2D eigenvalue weighted by Gasteiger charge is -2.41. The van der Waals surface area contributed by atoms with Gasteiger partial charge >= 0.3 is 6.03 Å². The number of hydrogen-bond acceptors (Lipinski definition) is 4. The van der Waals surface area contributed by atoms with Crippen LogP contribution in [0.3, 0.4) is 0 Å². The lowest BCUT2D eigenvalue weighted by molar-refractivity contribution is -0.309. The van der Waals surface area contributed by atoms with E-state index in [1.807, 2.05) is 20.8 Å². The molecule has 7 heteroatoms. The standard InChI is InChI=1S/C14H18FN3O3/c1-14(2,3)18(9-5-6-11(15)16-7-9)8-10(12(19)20)17(4)13(18)21/h5-7,10H,8H2,1-4H3. The quantitative estimate of drug-likeness (QED) is 0.588. The summed E-state index contributed by atoms with van der Waals surface area (Å²) in [6.07, 6.45) is 1.28. The van der Waals surface area contributed by atoms with E-state index in [4.69, 9.17) is 0 Å². The molecular formula is C14H18FN3O3. The van der Waals surface area contributed by atoms with Gasteiger partial charge in [0.25, 0.3) is 0 Å². The van der Waals surface area contributed by atoms with Gasteiger partial charge in [0.15, 0.2) is 5.69 Å². The third-order valence-electron chi connectivity index (χ3n) is 4.11. The average Bonchev–Trinajstić information content (AvgIpc) is 2.65. The van der Waals surface area contributed by atoms with Crippen molar-refractivity contribution in [1.82, 2.24) is 14.4 Å². The van der Waals surface area contributed by atoms with Gasteiger partial charge in [-0.3, -0.25) is 4.90 Å². The number of quaternary nitrogens is 1. The van der Waals surface area contributed by atoms with Crippen molar-refractivity contribution in [3.05, 3.63) is 24.3 Å². The summed E-state index contributed by atoms with van der Waals surface area (Å²) in [5, 5.41) is 11.3. The third-order valence-corrected chi connectivity index (χ3v) is 4.11. The summed E-state index contributed by atoms with van der Waals surface area (Å²) in [5.41, 5.74) is -0.154. The molecule has 0 aliphatic carbocycles. The van der Waals surface area contributed by atoms with Crippen LogP contribution in [0.1, 0.15) is 20.8 Å². The van der Waals surface area contributed by atoms with E-state index < -0.39 is 23.5 Å². The van der Waals surface area contributed by atoms with Crippen molar-refractivity contribution in [3.63, 3.8) is 0 Å². The van der Waals surface area contributed by atoms with Crippen LogP contribution in [0, 0.1) is 5.95 Å². The summed E-state index contributed by atoms with van der Waals surface area (Å²) in [5.74, 6) is -1.95. The number of aromatic nitrogens is 1. The maximum absolute atomic E-state index is 13.1. The SMILES string of the molecule is CN1C(=O)[N+](c2ccc(F)nc2)(C(C)(C)C)CC1C(=O)[O-]. The van der Waals surface area contributed by atoms with Crippen molar-refractivity contribution >= 4 is 17.7 Å². The summed E-state index contributed by atoms with van der Waals surface area (Å²) in [4.78, 5) is 28.8. The van der Waals surface area contributed by atoms with Crippen molar-refractivity contribution in [2.75, 3.05) is 13.6 Å². The number of pyridine rings is 1. The summed E-state index contributed by atoms with van der Waals surface area (Å²) in [7, 11) is 1.44. The fourth-order valence-electron chi connectivity index (χ4n) is 2.85. The number of likely N-dealkylation sites (N-methyl/N-ethyl adjacent to an activating group) is 1. The van der Waals surface area contributed by atoms with Crippen LogP contribution in [0.25, 0.3) is 0 Å². The number of urea groups is 1. The van der Waals surface area contributed by atoms with Gasteiger partial charge in [0.05, 0.1) is 12.2 Å². The number of hydrogen-bond donors (Lipinski definition) is 0. The largest absolute Gasteiger partial charge is 0.548 e. The Bertz CT molecular complexity index is 582. The van der Waals surface area contributed by atoms with Gasteiger partial charge in [-0.15, -0.1) is 0 Å². The van der Waals surface area contributed by atoms with Gasteiger partial charge in [-0.25, -0.2) is 14.3 Å². The first-order valence-electron chi connectivity index (χ1n) is 6.60. The first-order chi connectivity index (χ1) is 9.61. The van der Waals surface area contributed by atoms with E-state index in [9.17, 15) is 19.1 Å². The average molecular weight is 295 g/mol. The van der Waals surface area contributed by atoms with Crippen LogP contribution in [0.15, 0.2) is 18.3 Å². The maximum Gasteiger partial charge on any atom is 0.425 e. The highest BCUT2D eigenvalue weighted by Gasteiger charge is 2.59. The predicted molar refractivity (Wildman–Crippen MR) is 72.6 cm³/mol. The van der Waals surface area contributed by atoms with Crippen LogP contribution in [0.4, 0.5) is 14.9 Å². The van der Waals surface area contributed by atoms with Crippen LogP contribution in [-0.2, 0) is 4.79 Å². The van der Waals surface area contributed by atoms with E-state index in [2.05, 4.69) is 4.98 Å². The van der Waals surface area contributed by atoms with Gasteiger partial charge in [-0.05, 0) is 26.8 Å². The second-order valence-electron chi connectivity index (χ2n) is 6.23. The molecule has 2 atom stereocenters.